The second kappa shape index (κ2) is 6.66. The molecule has 0 radical (unpaired) electrons. The molecule has 3 rings (SSSR count). The summed E-state index contributed by atoms with van der Waals surface area (Å²) < 4.78 is 26.8. The topological polar surface area (TPSA) is 74.7 Å². The van der Waals surface area contributed by atoms with Crippen LogP contribution in [0, 0.1) is 0 Å². The minimum Gasteiger partial charge on any atom is -0.478 e. The molecule has 0 aliphatic rings. The van der Waals surface area contributed by atoms with Crippen LogP contribution in [0.15, 0.2) is 71.6 Å². The summed E-state index contributed by atoms with van der Waals surface area (Å²) >= 11 is 0. The number of carboxylic acids is 1. The van der Waals surface area contributed by atoms with E-state index < -0.39 is 16.0 Å². The van der Waals surface area contributed by atoms with E-state index in [-0.39, 0.29) is 17.0 Å². The summed E-state index contributed by atoms with van der Waals surface area (Å²) in [6.45, 7) is 0.0935. The predicted molar refractivity (Wildman–Crippen MR) is 96.0 cm³/mol. The van der Waals surface area contributed by atoms with E-state index in [2.05, 4.69) is 0 Å². The third-order valence-corrected chi connectivity index (χ3v) is 5.81. The first-order valence-corrected chi connectivity index (χ1v) is 9.09. The first-order chi connectivity index (χ1) is 11.9. The molecule has 0 spiro atoms. The lowest BCUT2D eigenvalue weighted by Gasteiger charge is -2.18. The highest BCUT2D eigenvalue weighted by molar-refractivity contribution is 7.89. The van der Waals surface area contributed by atoms with Crippen LogP contribution in [-0.4, -0.2) is 30.8 Å². The van der Waals surface area contributed by atoms with Crippen molar-refractivity contribution < 1.29 is 18.3 Å². The monoisotopic (exact) mass is 355 g/mol. The molecule has 1 N–H and O–H groups in total. The molecule has 0 bridgehead atoms. The lowest BCUT2D eigenvalue weighted by molar-refractivity contribution is 0.0696. The second-order valence-corrected chi connectivity index (χ2v) is 7.82. The van der Waals surface area contributed by atoms with Crippen LogP contribution in [0.25, 0.3) is 10.8 Å². The molecule has 0 heterocycles. The summed E-state index contributed by atoms with van der Waals surface area (Å²) in [5.41, 5.74) is 0.751. The maximum atomic E-state index is 12.8. The molecule has 0 aliphatic heterocycles. The highest BCUT2D eigenvalue weighted by Crippen LogP contribution is 2.22. The Bertz CT molecular complexity index is 1040. The van der Waals surface area contributed by atoms with Crippen molar-refractivity contribution >= 4 is 26.8 Å². The van der Waals surface area contributed by atoms with Crippen LogP contribution in [0.3, 0.4) is 0 Å². The van der Waals surface area contributed by atoms with Crippen molar-refractivity contribution in [3.63, 3.8) is 0 Å². The number of benzene rings is 3. The van der Waals surface area contributed by atoms with E-state index in [1.165, 1.54) is 23.5 Å². The second-order valence-electron chi connectivity index (χ2n) is 5.78. The molecule has 0 aliphatic carbocycles. The van der Waals surface area contributed by atoms with Gasteiger partial charge in [-0.25, -0.2) is 13.2 Å². The van der Waals surface area contributed by atoms with Crippen molar-refractivity contribution in [2.24, 2.45) is 0 Å². The van der Waals surface area contributed by atoms with Crippen molar-refractivity contribution in [2.75, 3.05) is 7.05 Å². The quantitative estimate of drug-likeness (QED) is 0.761. The number of carboxylic acid groups (broad SMARTS) is 1. The van der Waals surface area contributed by atoms with Crippen LogP contribution >= 0.6 is 0 Å². The first kappa shape index (κ1) is 17.1. The number of rotatable bonds is 5. The van der Waals surface area contributed by atoms with Crippen molar-refractivity contribution in [3.8, 4) is 0 Å². The van der Waals surface area contributed by atoms with Crippen LogP contribution in [0.2, 0.25) is 0 Å². The molecule has 25 heavy (non-hydrogen) atoms. The fourth-order valence-electron chi connectivity index (χ4n) is 2.65. The van der Waals surface area contributed by atoms with Crippen molar-refractivity contribution in [2.45, 2.75) is 11.4 Å². The van der Waals surface area contributed by atoms with Crippen LogP contribution in [0.4, 0.5) is 0 Å². The summed E-state index contributed by atoms with van der Waals surface area (Å²) in [5.74, 6) is -1.04. The van der Waals surface area contributed by atoms with E-state index in [1.54, 1.807) is 30.3 Å². The molecule has 0 aromatic heterocycles. The fourth-order valence-corrected chi connectivity index (χ4v) is 3.85. The molecule has 128 valence electrons. The Morgan fingerprint density at radius 3 is 2.40 bits per heavy atom. The maximum Gasteiger partial charge on any atom is 0.335 e. The average molecular weight is 355 g/mol. The molecule has 0 saturated heterocycles. The third-order valence-electron chi connectivity index (χ3n) is 4.01. The predicted octanol–water partition coefficient (Wildman–Crippen LogP) is 3.36. The van der Waals surface area contributed by atoms with Crippen molar-refractivity contribution in [1.82, 2.24) is 4.31 Å². The minimum absolute atomic E-state index is 0.0935. The third kappa shape index (κ3) is 3.55. The van der Waals surface area contributed by atoms with Gasteiger partial charge in [0.25, 0.3) is 0 Å². The fraction of sp³-hybridized carbons (Fsp3) is 0.105. The zero-order valence-corrected chi connectivity index (χ0v) is 14.4. The van der Waals surface area contributed by atoms with Gasteiger partial charge in [0.05, 0.1) is 10.5 Å². The van der Waals surface area contributed by atoms with E-state index in [1.807, 2.05) is 24.3 Å². The van der Waals surface area contributed by atoms with Gasteiger partial charge in [-0.15, -0.1) is 0 Å². The van der Waals surface area contributed by atoms with E-state index in [4.69, 9.17) is 5.11 Å². The summed E-state index contributed by atoms with van der Waals surface area (Å²) in [5, 5.41) is 10.9. The smallest absolute Gasteiger partial charge is 0.335 e. The van der Waals surface area contributed by atoms with Gasteiger partial charge in [0.1, 0.15) is 0 Å². The van der Waals surface area contributed by atoms with Crippen LogP contribution in [0.5, 0.6) is 0 Å². The molecule has 5 nitrogen and oxygen atoms in total. The lowest BCUT2D eigenvalue weighted by Crippen LogP contribution is -2.26. The molecule has 0 amide bonds. The van der Waals surface area contributed by atoms with Gasteiger partial charge in [0.15, 0.2) is 0 Å². The van der Waals surface area contributed by atoms with Gasteiger partial charge in [-0.1, -0.05) is 42.5 Å². The first-order valence-electron chi connectivity index (χ1n) is 7.65. The highest BCUT2D eigenvalue weighted by atomic mass is 32.2. The number of hydrogen-bond acceptors (Lipinski definition) is 3. The molecular formula is C19H17NO4S. The molecule has 0 saturated carbocycles. The molecule has 3 aromatic rings. The largest absolute Gasteiger partial charge is 0.478 e. The molecular weight excluding hydrogens is 338 g/mol. The molecule has 3 aromatic carbocycles. The van der Waals surface area contributed by atoms with Crippen LogP contribution in [-0.2, 0) is 16.6 Å². The van der Waals surface area contributed by atoms with E-state index in [9.17, 15) is 13.2 Å². The number of aromatic carboxylic acids is 1. The molecule has 0 atom stereocenters. The van der Waals surface area contributed by atoms with Gasteiger partial charge >= 0.3 is 5.97 Å². The minimum atomic E-state index is -3.68. The number of hydrogen-bond donors (Lipinski definition) is 1. The maximum absolute atomic E-state index is 12.8. The summed E-state index contributed by atoms with van der Waals surface area (Å²) in [6, 6.07) is 18.8. The Balaban J connectivity index is 1.90. The van der Waals surface area contributed by atoms with Gasteiger partial charge in [0, 0.05) is 13.6 Å². The molecule has 6 heteroatoms. The van der Waals surface area contributed by atoms with Crippen molar-refractivity contribution in [1.29, 1.82) is 0 Å². The zero-order valence-electron chi connectivity index (χ0n) is 13.6. The summed E-state index contributed by atoms with van der Waals surface area (Å²) in [6.07, 6.45) is 0. The number of sulfonamides is 1. The van der Waals surface area contributed by atoms with Gasteiger partial charge in [0.2, 0.25) is 10.0 Å². The van der Waals surface area contributed by atoms with E-state index in [0.29, 0.717) is 5.56 Å². The Morgan fingerprint density at radius 1 is 0.960 bits per heavy atom. The van der Waals surface area contributed by atoms with Gasteiger partial charge in [-0.3, -0.25) is 0 Å². The number of carbonyl (C=O) groups is 1. The van der Waals surface area contributed by atoms with Gasteiger partial charge < -0.3 is 5.11 Å². The summed E-state index contributed by atoms with van der Waals surface area (Å²) in [4.78, 5) is 11.3. The van der Waals surface area contributed by atoms with Crippen LogP contribution < -0.4 is 0 Å². The standard InChI is InChI=1S/C19H17NO4S/c1-20(13-14-5-4-8-17(11-14)19(21)22)25(23,24)18-10-9-15-6-2-3-7-16(15)12-18/h2-12H,13H2,1H3,(H,21,22). The SMILES string of the molecule is CN(Cc1cccc(C(=O)O)c1)S(=O)(=O)c1ccc2ccccc2c1. The Labute approximate surface area is 146 Å². The molecule has 0 fully saturated rings. The lowest BCUT2D eigenvalue weighted by atomic mass is 10.1. The zero-order chi connectivity index (χ0) is 18.0. The Morgan fingerprint density at radius 2 is 1.68 bits per heavy atom. The normalized spacial score (nSPS) is 11.8. The van der Waals surface area contributed by atoms with E-state index in [0.717, 1.165) is 10.8 Å². The van der Waals surface area contributed by atoms with Crippen LogP contribution in [0.1, 0.15) is 15.9 Å². The number of nitrogens with zero attached hydrogens (tertiary/aromatic N) is 1. The average Bonchev–Trinajstić information content (AvgIpc) is 2.61. The van der Waals surface area contributed by atoms with Crippen molar-refractivity contribution in [3.05, 3.63) is 77.9 Å². The van der Waals surface area contributed by atoms with E-state index >= 15 is 0 Å². The Kier molecular flexibility index (Phi) is 4.57. The Hall–Kier alpha value is -2.70. The summed E-state index contributed by atoms with van der Waals surface area (Å²) in [7, 11) is -2.19. The number of fused-ring (bicyclic) bond motifs is 1. The van der Waals surface area contributed by atoms with Gasteiger partial charge in [-0.05, 0) is 40.6 Å². The highest BCUT2D eigenvalue weighted by Gasteiger charge is 2.21. The van der Waals surface area contributed by atoms with Gasteiger partial charge in [-0.2, -0.15) is 4.31 Å². The molecule has 0 unspecified atom stereocenters.